The molecule has 1 aromatic carbocycles. The van der Waals surface area contributed by atoms with E-state index in [1.807, 2.05) is 0 Å². The smallest absolute Gasteiger partial charge is 0.126 e. The number of hydrogen-bond acceptors (Lipinski definition) is 0. The monoisotopic (exact) mass is 318 g/mol. The van der Waals surface area contributed by atoms with Crippen molar-refractivity contribution in [3.05, 3.63) is 34.6 Å². The third-order valence-corrected chi connectivity index (χ3v) is 4.82. The van der Waals surface area contributed by atoms with E-state index in [2.05, 4.69) is 15.9 Å². The van der Waals surface area contributed by atoms with Crippen molar-refractivity contribution in [1.29, 1.82) is 0 Å². The van der Waals surface area contributed by atoms with Crippen molar-refractivity contribution in [3.63, 3.8) is 0 Å². The number of halogens is 3. The quantitative estimate of drug-likeness (QED) is 0.667. The minimum atomic E-state index is -0.127. The van der Waals surface area contributed by atoms with Gasteiger partial charge in [0.15, 0.2) is 0 Å². The first-order valence-corrected chi connectivity index (χ1v) is 7.70. The number of hydrogen-bond donors (Lipinski definition) is 0. The van der Waals surface area contributed by atoms with Gasteiger partial charge in [0, 0.05) is 10.4 Å². The van der Waals surface area contributed by atoms with Crippen molar-refractivity contribution >= 4 is 27.5 Å². The average molecular weight is 320 g/mol. The molecule has 0 aromatic heterocycles. The van der Waals surface area contributed by atoms with Crippen LogP contribution in [-0.4, -0.2) is 5.33 Å². The molecule has 1 unspecified atom stereocenters. The Balaban J connectivity index is 2.09. The Morgan fingerprint density at radius 2 is 2.06 bits per heavy atom. The molecular weight excluding hydrogens is 303 g/mol. The second-order valence-electron chi connectivity index (χ2n) is 4.90. The maximum absolute atomic E-state index is 13.7. The van der Waals surface area contributed by atoms with Crippen LogP contribution in [0.25, 0.3) is 0 Å². The fourth-order valence-corrected chi connectivity index (χ4v) is 3.71. The van der Waals surface area contributed by atoms with Crippen LogP contribution in [0.2, 0.25) is 5.02 Å². The van der Waals surface area contributed by atoms with E-state index < -0.39 is 0 Å². The van der Waals surface area contributed by atoms with Gasteiger partial charge in [-0.2, -0.15) is 0 Å². The molecule has 1 aliphatic carbocycles. The first-order chi connectivity index (χ1) is 8.20. The van der Waals surface area contributed by atoms with Crippen LogP contribution in [0.3, 0.4) is 0 Å². The molecule has 0 saturated heterocycles. The molecule has 0 heterocycles. The van der Waals surface area contributed by atoms with Crippen LogP contribution >= 0.6 is 27.5 Å². The van der Waals surface area contributed by atoms with Gasteiger partial charge in [0.25, 0.3) is 0 Å². The molecule has 0 N–H and O–H groups in total. The summed E-state index contributed by atoms with van der Waals surface area (Å²) in [7, 11) is 0. The fraction of sp³-hybridized carbons (Fsp3) is 0.571. The normalized spacial score (nSPS) is 18.5. The van der Waals surface area contributed by atoms with Crippen LogP contribution in [0.5, 0.6) is 0 Å². The van der Waals surface area contributed by atoms with Crippen LogP contribution in [-0.2, 0) is 6.42 Å². The summed E-state index contributed by atoms with van der Waals surface area (Å²) in [5.74, 6) is 1.15. The molecule has 0 amide bonds. The maximum atomic E-state index is 13.7. The van der Waals surface area contributed by atoms with Crippen LogP contribution in [0.1, 0.15) is 31.2 Å². The largest absolute Gasteiger partial charge is 0.207 e. The van der Waals surface area contributed by atoms with Crippen molar-refractivity contribution in [2.24, 2.45) is 11.8 Å². The topological polar surface area (TPSA) is 0 Å². The van der Waals surface area contributed by atoms with E-state index in [0.717, 1.165) is 23.2 Å². The van der Waals surface area contributed by atoms with Gasteiger partial charge in [-0.15, -0.1) is 0 Å². The van der Waals surface area contributed by atoms with Gasteiger partial charge >= 0.3 is 0 Å². The van der Waals surface area contributed by atoms with Crippen LogP contribution in [0, 0.1) is 17.7 Å². The highest BCUT2D eigenvalue weighted by Gasteiger charge is 2.25. The molecule has 0 bridgehead atoms. The Bertz CT molecular complexity index is 374. The molecular formula is C14H17BrClF. The SMILES string of the molecule is Fc1ccc(Cl)cc1CC(CBr)C1CCCC1. The molecule has 1 fully saturated rings. The summed E-state index contributed by atoms with van der Waals surface area (Å²) in [6.07, 6.45) is 6.03. The predicted molar refractivity (Wildman–Crippen MR) is 74.4 cm³/mol. The zero-order valence-electron chi connectivity index (χ0n) is 9.76. The minimum absolute atomic E-state index is 0.127. The van der Waals surface area contributed by atoms with Gasteiger partial charge in [0.2, 0.25) is 0 Å². The second kappa shape index (κ2) is 6.19. The van der Waals surface area contributed by atoms with E-state index in [-0.39, 0.29) is 5.82 Å². The van der Waals surface area contributed by atoms with Gasteiger partial charge in [0.1, 0.15) is 5.82 Å². The Morgan fingerprint density at radius 1 is 1.35 bits per heavy atom. The predicted octanol–water partition coefficient (Wildman–Crippen LogP) is 5.22. The highest BCUT2D eigenvalue weighted by Crippen LogP contribution is 2.34. The molecule has 94 valence electrons. The first-order valence-electron chi connectivity index (χ1n) is 6.20. The lowest BCUT2D eigenvalue weighted by atomic mass is 9.87. The summed E-state index contributed by atoms with van der Waals surface area (Å²) >= 11 is 9.50. The van der Waals surface area contributed by atoms with Crippen molar-refractivity contribution in [3.8, 4) is 0 Å². The molecule has 0 radical (unpaired) electrons. The van der Waals surface area contributed by atoms with Gasteiger partial charge in [0.05, 0.1) is 0 Å². The zero-order valence-corrected chi connectivity index (χ0v) is 12.1. The Hall–Kier alpha value is -0.0800. The molecule has 1 aromatic rings. The van der Waals surface area contributed by atoms with Crippen molar-refractivity contribution in [2.45, 2.75) is 32.1 Å². The van der Waals surface area contributed by atoms with Crippen molar-refractivity contribution in [1.82, 2.24) is 0 Å². The van der Waals surface area contributed by atoms with Gasteiger partial charge in [-0.05, 0) is 42.0 Å². The molecule has 1 saturated carbocycles. The molecule has 3 heteroatoms. The molecule has 2 rings (SSSR count). The fourth-order valence-electron chi connectivity index (χ4n) is 2.76. The standard InChI is InChI=1S/C14H17BrClF/c15-9-12(10-3-1-2-4-10)7-11-8-13(16)5-6-14(11)17/h5-6,8,10,12H,1-4,7,9H2. The Labute approximate surface area is 116 Å². The van der Waals surface area contributed by atoms with Crippen LogP contribution < -0.4 is 0 Å². The molecule has 0 nitrogen and oxygen atoms in total. The average Bonchev–Trinajstić information content (AvgIpc) is 2.84. The van der Waals surface area contributed by atoms with Crippen LogP contribution in [0.4, 0.5) is 4.39 Å². The summed E-state index contributed by atoms with van der Waals surface area (Å²) in [6.45, 7) is 0. The van der Waals surface area contributed by atoms with Gasteiger partial charge in [-0.3, -0.25) is 0 Å². The summed E-state index contributed by atoms with van der Waals surface area (Å²) in [5, 5.41) is 1.57. The first kappa shape index (κ1) is 13.4. The van der Waals surface area contributed by atoms with Crippen molar-refractivity contribution < 1.29 is 4.39 Å². The van der Waals surface area contributed by atoms with E-state index in [9.17, 15) is 4.39 Å². The Kier molecular flexibility index (Phi) is 4.87. The lowest BCUT2D eigenvalue weighted by Gasteiger charge is -2.21. The summed E-state index contributed by atoms with van der Waals surface area (Å²) in [5.41, 5.74) is 0.758. The highest BCUT2D eigenvalue weighted by atomic mass is 79.9. The Morgan fingerprint density at radius 3 is 2.71 bits per heavy atom. The second-order valence-corrected chi connectivity index (χ2v) is 5.98. The summed E-state index contributed by atoms with van der Waals surface area (Å²) < 4.78 is 13.7. The highest BCUT2D eigenvalue weighted by molar-refractivity contribution is 9.09. The van der Waals surface area contributed by atoms with Crippen molar-refractivity contribution in [2.75, 3.05) is 5.33 Å². The van der Waals surface area contributed by atoms with Gasteiger partial charge < -0.3 is 0 Å². The van der Waals surface area contributed by atoms with E-state index in [0.29, 0.717) is 10.9 Å². The molecule has 1 aliphatic rings. The van der Waals surface area contributed by atoms with Crippen LogP contribution in [0.15, 0.2) is 18.2 Å². The number of benzene rings is 1. The lowest BCUT2D eigenvalue weighted by molar-refractivity contribution is 0.369. The van der Waals surface area contributed by atoms with E-state index >= 15 is 0 Å². The van der Waals surface area contributed by atoms with E-state index in [4.69, 9.17) is 11.6 Å². The van der Waals surface area contributed by atoms with Gasteiger partial charge in [-0.25, -0.2) is 4.39 Å². The third kappa shape index (κ3) is 3.45. The molecule has 17 heavy (non-hydrogen) atoms. The molecule has 0 aliphatic heterocycles. The minimum Gasteiger partial charge on any atom is -0.207 e. The third-order valence-electron chi connectivity index (χ3n) is 3.75. The van der Waals surface area contributed by atoms with Gasteiger partial charge in [-0.1, -0.05) is 53.2 Å². The van der Waals surface area contributed by atoms with E-state index in [1.54, 1.807) is 12.1 Å². The summed E-state index contributed by atoms with van der Waals surface area (Å²) in [4.78, 5) is 0. The lowest BCUT2D eigenvalue weighted by Crippen LogP contribution is -2.16. The molecule has 1 atom stereocenters. The molecule has 0 spiro atoms. The zero-order chi connectivity index (χ0) is 12.3. The number of alkyl halides is 1. The number of rotatable bonds is 4. The maximum Gasteiger partial charge on any atom is 0.126 e. The summed E-state index contributed by atoms with van der Waals surface area (Å²) in [6, 6.07) is 4.85. The van der Waals surface area contributed by atoms with E-state index in [1.165, 1.54) is 31.7 Å².